The number of aromatic nitrogens is 2. The zero-order valence-corrected chi connectivity index (χ0v) is 44.3. The molecule has 8 aromatic rings. The fraction of sp³-hybridized carbons (Fsp3) is 0.290. The molecule has 0 N–H and O–H groups in total. The van der Waals surface area contributed by atoms with Crippen molar-refractivity contribution in [3.63, 3.8) is 0 Å². The largest absolute Gasteiger partial charge is 0.509 e. The molecule has 2 aromatic heterocycles. The van der Waals surface area contributed by atoms with Gasteiger partial charge in [0.1, 0.15) is 5.82 Å². The monoisotopic (exact) mass is 1080 g/mol. The van der Waals surface area contributed by atoms with Gasteiger partial charge in [0, 0.05) is 66.5 Å². The molecule has 68 heavy (non-hydrogen) atoms. The summed E-state index contributed by atoms with van der Waals surface area (Å²) in [5.41, 5.74) is 11.7. The van der Waals surface area contributed by atoms with Crippen LogP contribution in [0.3, 0.4) is 0 Å². The molecule has 352 valence electrons. The Morgan fingerprint density at radius 1 is 0.500 bits per heavy atom. The van der Waals surface area contributed by atoms with Crippen molar-refractivity contribution in [1.82, 2.24) is 9.55 Å². The van der Waals surface area contributed by atoms with Crippen molar-refractivity contribution >= 4 is 33.2 Å². The Bertz CT molecular complexity index is 3140. The predicted octanol–water partition coefficient (Wildman–Crippen LogP) is 16.1. The van der Waals surface area contributed by atoms with Crippen LogP contribution in [0.4, 0.5) is 11.4 Å². The maximum absolute atomic E-state index is 7.03. The van der Waals surface area contributed by atoms with Crippen LogP contribution >= 0.6 is 0 Å². The Kier molecular flexibility index (Phi) is 12.8. The third-order valence-electron chi connectivity index (χ3n) is 13.8. The number of hydrogen-bond acceptors (Lipinski definition) is 4. The smallest absolute Gasteiger partial charge is 0.135 e. The zero-order valence-electron chi connectivity index (χ0n) is 42.0. The Labute approximate surface area is 420 Å². The van der Waals surface area contributed by atoms with E-state index in [1.54, 1.807) is 0 Å². The molecule has 0 saturated heterocycles. The summed E-state index contributed by atoms with van der Waals surface area (Å²) >= 11 is 0. The number of fused-ring (bicyclic) bond motifs is 3. The number of rotatable bonds is 9. The van der Waals surface area contributed by atoms with Gasteiger partial charge < -0.3 is 19.1 Å². The first-order chi connectivity index (χ1) is 31.6. The van der Waals surface area contributed by atoms with Crippen molar-refractivity contribution in [1.29, 1.82) is 0 Å². The summed E-state index contributed by atoms with van der Waals surface area (Å²) in [7, 11) is 0. The molecular weight excluding hydrogens is 1010 g/mol. The molecule has 0 radical (unpaired) electrons. The summed E-state index contributed by atoms with van der Waals surface area (Å²) in [6, 6.07) is 57.7. The molecule has 0 atom stereocenters. The number of hydrogen-bond donors (Lipinski definition) is 0. The molecular formula is C62H65N4OPt-3. The quantitative estimate of drug-likeness (QED) is 0.135. The molecule has 0 fully saturated rings. The van der Waals surface area contributed by atoms with Crippen LogP contribution in [0.2, 0.25) is 0 Å². The van der Waals surface area contributed by atoms with Gasteiger partial charge in [-0.1, -0.05) is 180 Å². The molecule has 0 unspecified atom stereocenters. The summed E-state index contributed by atoms with van der Waals surface area (Å²) < 4.78 is 9.28. The summed E-state index contributed by atoms with van der Waals surface area (Å²) in [4.78, 5) is 9.58. The van der Waals surface area contributed by atoms with E-state index in [4.69, 9.17) is 9.72 Å². The van der Waals surface area contributed by atoms with Crippen molar-refractivity contribution in [2.75, 3.05) is 9.80 Å². The Hall–Kier alpha value is -5.90. The predicted molar refractivity (Wildman–Crippen MR) is 281 cm³/mol. The molecule has 3 heterocycles. The van der Waals surface area contributed by atoms with E-state index in [0.29, 0.717) is 11.5 Å². The van der Waals surface area contributed by atoms with Crippen LogP contribution < -0.4 is 14.5 Å². The van der Waals surface area contributed by atoms with E-state index in [9.17, 15) is 0 Å². The Balaban J connectivity index is 0.00000625. The van der Waals surface area contributed by atoms with Gasteiger partial charge in [-0.05, 0) is 86.0 Å². The average Bonchev–Trinajstić information content (AvgIpc) is 3.90. The zero-order chi connectivity index (χ0) is 47.7. The van der Waals surface area contributed by atoms with Crippen molar-refractivity contribution in [2.45, 2.75) is 112 Å². The number of allylic oxidation sites excluding steroid dienone is 1. The second-order valence-electron chi connectivity index (χ2n) is 22.5. The fourth-order valence-electron chi connectivity index (χ4n) is 9.29. The van der Waals surface area contributed by atoms with Gasteiger partial charge in [0.05, 0.1) is 0 Å². The molecule has 0 saturated carbocycles. The van der Waals surface area contributed by atoms with Crippen LogP contribution in [-0.2, 0) is 42.7 Å². The first-order valence-corrected chi connectivity index (χ1v) is 23.7. The summed E-state index contributed by atoms with van der Waals surface area (Å²) in [6.45, 7) is 31.7. The van der Waals surface area contributed by atoms with E-state index in [1.165, 1.54) is 27.8 Å². The second-order valence-corrected chi connectivity index (χ2v) is 22.5. The van der Waals surface area contributed by atoms with Crippen molar-refractivity contribution in [3.8, 4) is 17.3 Å². The van der Waals surface area contributed by atoms with Gasteiger partial charge in [0.25, 0.3) is 0 Å². The van der Waals surface area contributed by atoms with Crippen LogP contribution in [0.25, 0.3) is 27.6 Å². The van der Waals surface area contributed by atoms with Crippen LogP contribution in [0, 0.1) is 24.2 Å². The summed E-state index contributed by atoms with van der Waals surface area (Å²) in [5.74, 6) is 2.05. The maximum Gasteiger partial charge on any atom is 0.135 e. The molecule has 0 bridgehead atoms. The summed E-state index contributed by atoms with van der Waals surface area (Å²) in [6.07, 6.45) is 4.20. The van der Waals surface area contributed by atoms with Gasteiger partial charge in [-0.15, -0.1) is 53.6 Å². The van der Waals surface area contributed by atoms with Crippen molar-refractivity contribution in [2.24, 2.45) is 5.41 Å². The van der Waals surface area contributed by atoms with Crippen LogP contribution in [0.5, 0.6) is 11.5 Å². The molecule has 5 nitrogen and oxygen atoms in total. The van der Waals surface area contributed by atoms with Gasteiger partial charge >= 0.3 is 0 Å². The van der Waals surface area contributed by atoms with E-state index < -0.39 is 0 Å². The van der Waals surface area contributed by atoms with Gasteiger partial charge in [-0.3, -0.25) is 0 Å². The van der Waals surface area contributed by atoms with Gasteiger partial charge in [0.15, 0.2) is 0 Å². The molecule has 0 aliphatic carbocycles. The van der Waals surface area contributed by atoms with Crippen LogP contribution in [-0.4, -0.2) is 9.55 Å². The minimum absolute atomic E-state index is 0. The van der Waals surface area contributed by atoms with Gasteiger partial charge in [-0.2, -0.15) is 6.07 Å². The third kappa shape index (κ3) is 9.32. The number of pyridine rings is 1. The Morgan fingerprint density at radius 3 is 1.75 bits per heavy atom. The SMILES string of the molecule is CC(C)(C)C1=CN(c2cccc(C(C)(C)C)c2)[CH-]N1c1[c-]c(Oc2[c-]c3c(cc2)c2cc(C(C)(C)C)ccc2n3-c2cc(C(C)(C)c3ccccc3)ccn2)cc(C(C)(C)c2ccccc2)c1.[Pt]. The minimum Gasteiger partial charge on any atom is -0.509 e. The van der Waals surface area contributed by atoms with Crippen LogP contribution in [0.1, 0.15) is 123 Å². The standard InChI is InChI=1S/C62H65N4O.Pt/c1-58(2,3)44-25-20-26-48(33-44)64-40-56(60(7,8)9)65(41-64)49-34-47(62(12,13)43-23-18-15-19-24-43)35-51(38-49)67-50-28-29-52-53-36-45(59(4,5)6)27-30-54(53)66(55(52)39-50)57-37-46(31-32-63-57)61(10,11)42-21-16-14-17-22-42;/h14-37,40-41H,1-13H3;/q-3;. The van der Waals surface area contributed by atoms with E-state index in [1.807, 2.05) is 12.3 Å². The van der Waals surface area contributed by atoms with E-state index in [0.717, 1.165) is 50.3 Å². The number of benzene rings is 6. The van der Waals surface area contributed by atoms with E-state index in [2.05, 4.69) is 263 Å². The van der Waals surface area contributed by atoms with E-state index in [-0.39, 0.29) is 48.1 Å². The Morgan fingerprint density at radius 2 is 1.12 bits per heavy atom. The average molecular weight is 1080 g/mol. The topological polar surface area (TPSA) is 33.5 Å². The van der Waals surface area contributed by atoms with Gasteiger partial charge in [0.2, 0.25) is 0 Å². The molecule has 0 spiro atoms. The number of ether oxygens (including phenoxy) is 1. The first kappa shape index (κ1) is 48.6. The van der Waals surface area contributed by atoms with Crippen LogP contribution in [0.15, 0.2) is 158 Å². The molecule has 9 rings (SSSR count). The molecule has 6 heteroatoms. The molecule has 1 aliphatic rings. The molecule has 0 amide bonds. The number of anilines is 2. The second kappa shape index (κ2) is 17.9. The summed E-state index contributed by atoms with van der Waals surface area (Å²) in [5, 5.41) is 2.25. The normalized spacial score (nSPS) is 13.8. The van der Waals surface area contributed by atoms with Gasteiger partial charge in [-0.25, -0.2) is 4.98 Å². The minimum atomic E-state index is -0.357. The van der Waals surface area contributed by atoms with E-state index >= 15 is 0 Å². The first-order valence-electron chi connectivity index (χ1n) is 23.7. The number of nitrogens with zero attached hydrogens (tertiary/aromatic N) is 4. The van der Waals surface area contributed by atoms with Crippen molar-refractivity contribution < 1.29 is 25.8 Å². The maximum atomic E-state index is 7.03. The molecule has 1 aliphatic heterocycles. The third-order valence-corrected chi connectivity index (χ3v) is 13.8. The fourth-order valence-corrected chi connectivity index (χ4v) is 9.29. The molecule has 6 aromatic carbocycles. The van der Waals surface area contributed by atoms with Crippen molar-refractivity contribution in [3.05, 3.63) is 210 Å².